The molecule has 3 rings (SSSR count). The van der Waals surface area contributed by atoms with Crippen molar-refractivity contribution in [2.45, 2.75) is 32.4 Å². The maximum atomic E-state index is 14.0. The highest BCUT2D eigenvalue weighted by Crippen LogP contribution is 2.38. The summed E-state index contributed by atoms with van der Waals surface area (Å²) in [7, 11) is 1.44. The van der Waals surface area contributed by atoms with Crippen molar-refractivity contribution in [1.82, 2.24) is 9.69 Å². The fourth-order valence-corrected chi connectivity index (χ4v) is 4.19. The third-order valence-electron chi connectivity index (χ3n) is 4.93. The average molecular weight is 498 g/mol. The fourth-order valence-electron chi connectivity index (χ4n) is 3.45. The van der Waals surface area contributed by atoms with Crippen molar-refractivity contribution in [2.75, 3.05) is 17.7 Å². The van der Waals surface area contributed by atoms with Gasteiger partial charge in [-0.25, -0.2) is 0 Å². The second-order valence-corrected chi connectivity index (χ2v) is 9.49. The number of aromatic hydroxyl groups is 1. The van der Waals surface area contributed by atoms with E-state index in [9.17, 15) is 19.5 Å². The van der Waals surface area contributed by atoms with Crippen molar-refractivity contribution >= 4 is 40.6 Å². The average Bonchev–Trinajstić information content (AvgIpc) is 3.18. The van der Waals surface area contributed by atoms with Crippen molar-refractivity contribution < 1.29 is 24.2 Å². The Hall–Kier alpha value is -4.12. The van der Waals surface area contributed by atoms with Crippen LogP contribution in [0.2, 0.25) is 0 Å². The molecule has 0 aliphatic rings. The molecular weight excluding hydrogens is 470 g/mol. The highest BCUT2D eigenvalue weighted by Gasteiger charge is 2.38. The van der Waals surface area contributed by atoms with Crippen molar-refractivity contribution in [3.63, 3.8) is 0 Å². The summed E-state index contributed by atoms with van der Waals surface area (Å²) in [6, 6.07) is 11.4. The molecule has 3 amide bonds. The summed E-state index contributed by atoms with van der Waals surface area (Å²) >= 11 is 0.709. The van der Waals surface area contributed by atoms with Crippen LogP contribution in [0.3, 0.4) is 0 Å². The predicted octanol–water partition coefficient (Wildman–Crippen LogP) is 2.84. The number of amides is 3. The summed E-state index contributed by atoms with van der Waals surface area (Å²) < 4.78 is 9.42. The Morgan fingerprint density at radius 3 is 2.29 bits per heavy atom. The van der Waals surface area contributed by atoms with Crippen LogP contribution in [-0.4, -0.2) is 39.9 Å². The van der Waals surface area contributed by atoms with Crippen LogP contribution in [0.15, 0.2) is 48.5 Å². The van der Waals surface area contributed by atoms with E-state index in [0.29, 0.717) is 22.8 Å². The van der Waals surface area contributed by atoms with Crippen LogP contribution < -0.4 is 26.4 Å². The lowest BCUT2D eigenvalue weighted by Crippen LogP contribution is -2.49. The normalized spacial score (nSPS) is 12.0. The lowest BCUT2D eigenvalue weighted by Gasteiger charge is -2.34. The summed E-state index contributed by atoms with van der Waals surface area (Å²) in [5.41, 5.74) is 11.1. The van der Waals surface area contributed by atoms with E-state index < -0.39 is 29.3 Å². The number of nitrogen functional groups attached to an aromatic ring is 1. The number of ether oxygens (including phenoxy) is 1. The van der Waals surface area contributed by atoms with Gasteiger partial charge in [-0.05, 0) is 62.1 Å². The third-order valence-corrected chi connectivity index (χ3v) is 5.78. The summed E-state index contributed by atoms with van der Waals surface area (Å²) in [6.45, 7) is 5.44. The standard InChI is InChI=1S/C24H27N5O5S/c1-24(2,3)27-22(32)19(13-9-11-14(30)12-10-13)29(15-7-5-6-8-16(15)34-4)23(33)20-17(25)18(21(26)31)28-35-20/h5-12,19,30H,25H2,1-4H3,(H2,26,31)(H,27,32)/t19-/m1/s1. The zero-order valence-electron chi connectivity index (χ0n) is 19.7. The molecule has 2 aromatic carbocycles. The van der Waals surface area contributed by atoms with Crippen LogP contribution >= 0.6 is 11.5 Å². The van der Waals surface area contributed by atoms with Crippen LogP contribution in [0.4, 0.5) is 11.4 Å². The summed E-state index contributed by atoms with van der Waals surface area (Å²) in [5, 5.41) is 12.7. The number of methoxy groups -OCH3 is 1. The number of nitrogens with two attached hydrogens (primary N) is 2. The molecule has 0 saturated carbocycles. The molecule has 0 bridgehead atoms. The van der Waals surface area contributed by atoms with Gasteiger partial charge in [0, 0.05) is 5.54 Å². The minimum absolute atomic E-state index is 0.00306. The van der Waals surface area contributed by atoms with Crippen LogP contribution in [0, 0.1) is 0 Å². The molecule has 0 fully saturated rings. The topological polar surface area (TPSA) is 161 Å². The van der Waals surface area contributed by atoms with Gasteiger partial charge in [-0.2, -0.15) is 4.37 Å². The van der Waals surface area contributed by atoms with E-state index in [1.807, 2.05) is 20.8 Å². The van der Waals surface area contributed by atoms with Gasteiger partial charge in [0.25, 0.3) is 11.8 Å². The molecule has 0 unspecified atom stereocenters. The summed E-state index contributed by atoms with van der Waals surface area (Å²) in [5.74, 6) is -1.72. The molecule has 0 saturated heterocycles. The Morgan fingerprint density at radius 2 is 1.74 bits per heavy atom. The molecule has 0 aliphatic heterocycles. The van der Waals surface area contributed by atoms with Gasteiger partial charge in [0.2, 0.25) is 5.91 Å². The first-order chi connectivity index (χ1) is 16.4. The van der Waals surface area contributed by atoms with Gasteiger partial charge in [-0.3, -0.25) is 19.3 Å². The zero-order chi connectivity index (χ0) is 25.9. The molecule has 0 aliphatic carbocycles. The minimum atomic E-state index is -1.20. The fraction of sp³-hybridized carbons (Fsp3) is 0.250. The Balaban J connectivity index is 2.28. The Morgan fingerprint density at radius 1 is 1.11 bits per heavy atom. The van der Waals surface area contributed by atoms with Gasteiger partial charge in [0.05, 0.1) is 18.5 Å². The van der Waals surface area contributed by atoms with Gasteiger partial charge in [-0.15, -0.1) is 0 Å². The number of nitrogens with zero attached hydrogens (tertiary/aromatic N) is 2. The highest BCUT2D eigenvalue weighted by atomic mass is 32.1. The third kappa shape index (κ3) is 5.52. The molecule has 184 valence electrons. The molecule has 0 radical (unpaired) electrons. The lowest BCUT2D eigenvalue weighted by molar-refractivity contribution is -0.123. The molecule has 1 heterocycles. The number of carbonyl (C=O) groups is 3. The molecule has 0 spiro atoms. The first kappa shape index (κ1) is 25.5. The predicted molar refractivity (Wildman–Crippen MR) is 134 cm³/mol. The van der Waals surface area contributed by atoms with E-state index in [2.05, 4.69) is 9.69 Å². The number of rotatable bonds is 7. The Labute approximate surface area is 206 Å². The van der Waals surface area contributed by atoms with E-state index in [-0.39, 0.29) is 27.7 Å². The van der Waals surface area contributed by atoms with E-state index in [0.717, 1.165) is 0 Å². The number of hydrogen-bond acceptors (Lipinski definition) is 8. The Kier molecular flexibility index (Phi) is 7.30. The van der Waals surface area contributed by atoms with Crippen LogP contribution in [0.25, 0.3) is 0 Å². The van der Waals surface area contributed by atoms with Crippen LogP contribution in [-0.2, 0) is 4.79 Å². The number of hydrogen-bond donors (Lipinski definition) is 4. The van der Waals surface area contributed by atoms with Crippen molar-refractivity contribution in [3.8, 4) is 11.5 Å². The van der Waals surface area contributed by atoms with Crippen molar-refractivity contribution in [3.05, 3.63) is 64.7 Å². The highest BCUT2D eigenvalue weighted by molar-refractivity contribution is 7.09. The van der Waals surface area contributed by atoms with Gasteiger partial charge < -0.3 is 26.6 Å². The molecule has 1 atom stereocenters. The molecular formula is C24H27N5O5S. The lowest BCUT2D eigenvalue weighted by atomic mass is 10.00. The molecule has 35 heavy (non-hydrogen) atoms. The quantitative estimate of drug-likeness (QED) is 0.390. The number of aromatic nitrogens is 1. The van der Waals surface area contributed by atoms with E-state index in [4.69, 9.17) is 16.2 Å². The number of para-hydroxylation sites is 2. The number of carbonyl (C=O) groups excluding carboxylic acids is 3. The Bertz CT molecular complexity index is 1250. The van der Waals surface area contributed by atoms with E-state index in [1.54, 1.807) is 36.4 Å². The molecule has 3 aromatic rings. The molecule has 11 heteroatoms. The SMILES string of the molecule is COc1ccccc1N(C(=O)c1snc(C(N)=O)c1N)[C@@H](C(=O)NC(C)(C)C)c1ccc(O)cc1. The van der Waals surface area contributed by atoms with E-state index >= 15 is 0 Å². The largest absolute Gasteiger partial charge is 0.508 e. The zero-order valence-corrected chi connectivity index (χ0v) is 20.6. The second-order valence-electron chi connectivity index (χ2n) is 8.72. The molecule has 10 nitrogen and oxygen atoms in total. The maximum Gasteiger partial charge on any atom is 0.273 e. The van der Waals surface area contributed by atoms with Gasteiger partial charge >= 0.3 is 0 Å². The number of primary amides is 1. The second kappa shape index (κ2) is 10.0. The molecule has 6 N–H and O–H groups in total. The number of benzene rings is 2. The number of phenolic OH excluding ortho intramolecular Hbond substituents is 1. The number of nitrogens with one attached hydrogen (secondary N) is 1. The summed E-state index contributed by atoms with van der Waals surface area (Å²) in [4.78, 5) is 40.6. The van der Waals surface area contributed by atoms with Gasteiger partial charge in [0.15, 0.2) is 5.69 Å². The van der Waals surface area contributed by atoms with Gasteiger partial charge in [-0.1, -0.05) is 24.3 Å². The smallest absolute Gasteiger partial charge is 0.273 e. The summed E-state index contributed by atoms with van der Waals surface area (Å²) in [6.07, 6.45) is 0. The maximum absolute atomic E-state index is 14.0. The minimum Gasteiger partial charge on any atom is -0.508 e. The van der Waals surface area contributed by atoms with Crippen molar-refractivity contribution in [2.24, 2.45) is 5.73 Å². The van der Waals surface area contributed by atoms with E-state index in [1.165, 1.54) is 24.1 Å². The van der Waals surface area contributed by atoms with Crippen LogP contribution in [0.5, 0.6) is 11.5 Å². The van der Waals surface area contributed by atoms with Crippen molar-refractivity contribution in [1.29, 1.82) is 0 Å². The van der Waals surface area contributed by atoms with Crippen LogP contribution in [0.1, 0.15) is 52.5 Å². The monoisotopic (exact) mass is 497 g/mol. The first-order valence-corrected chi connectivity index (χ1v) is 11.3. The number of anilines is 2. The number of phenols is 1. The molecule has 1 aromatic heterocycles. The first-order valence-electron chi connectivity index (χ1n) is 10.6. The van der Waals surface area contributed by atoms with Gasteiger partial charge in [0.1, 0.15) is 22.4 Å².